The van der Waals surface area contributed by atoms with Crippen molar-refractivity contribution in [1.82, 2.24) is 9.97 Å². The second-order valence-corrected chi connectivity index (χ2v) is 4.80. The minimum Gasteiger partial charge on any atom is -0.333 e. The number of fused-ring (bicyclic) bond motifs is 1. The number of halogens is 1. The highest BCUT2D eigenvalue weighted by Crippen LogP contribution is 2.21. The Balaban J connectivity index is 2.49. The molecule has 2 aromatic rings. The number of nitrogens with one attached hydrogen (secondary N) is 1. The molecule has 0 saturated carbocycles. The van der Waals surface area contributed by atoms with E-state index in [0.29, 0.717) is 0 Å². The van der Waals surface area contributed by atoms with Gasteiger partial charge in [0.25, 0.3) is 0 Å². The van der Waals surface area contributed by atoms with Gasteiger partial charge in [-0.15, -0.1) is 0 Å². The Kier molecular flexibility index (Phi) is 2.60. The molecule has 1 aromatic heterocycles. The third-order valence-corrected chi connectivity index (χ3v) is 2.95. The fourth-order valence-electron chi connectivity index (χ4n) is 1.16. The highest BCUT2D eigenvalue weighted by atomic mass is 79.9. The zero-order valence-electron chi connectivity index (χ0n) is 7.17. The first-order valence-corrected chi connectivity index (χ1v) is 5.85. The molecule has 0 atom stereocenters. The number of rotatable bonds is 2. The zero-order valence-corrected chi connectivity index (χ0v) is 9.58. The lowest BCUT2D eigenvalue weighted by atomic mass is 10.3. The lowest BCUT2D eigenvalue weighted by Gasteiger charge is -1.88. The maximum atomic E-state index is 4.43. The van der Waals surface area contributed by atoms with Crippen LogP contribution < -0.4 is 0 Å². The Morgan fingerprint density at radius 2 is 2.38 bits per heavy atom. The summed E-state index contributed by atoms with van der Waals surface area (Å²) in [5.41, 5.74) is 2.12. The second-order valence-electron chi connectivity index (χ2n) is 2.64. The molecule has 4 heteroatoms. The standard InChI is InChI=1S/C9H9BrN2S/c1-2-13-9-11-7-4-3-6(10)5-8(7)12-9/h3-5H,2H2,1H3,(H,11,12). The van der Waals surface area contributed by atoms with Crippen LogP contribution in [0.2, 0.25) is 0 Å². The molecular formula is C9H9BrN2S. The first-order valence-electron chi connectivity index (χ1n) is 4.07. The summed E-state index contributed by atoms with van der Waals surface area (Å²) in [6.45, 7) is 2.12. The number of nitrogens with zero attached hydrogens (tertiary/aromatic N) is 1. The van der Waals surface area contributed by atoms with Gasteiger partial charge < -0.3 is 4.98 Å². The minimum atomic E-state index is 0.996. The van der Waals surface area contributed by atoms with Crippen LogP contribution in [-0.4, -0.2) is 15.7 Å². The van der Waals surface area contributed by atoms with Gasteiger partial charge in [0.05, 0.1) is 11.0 Å². The van der Waals surface area contributed by atoms with Gasteiger partial charge in [-0.2, -0.15) is 0 Å². The highest BCUT2D eigenvalue weighted by molar-refractivity contribution is 9.10. The van der Waals surface area contributed by atoms with E-state index < -0.39 is 0 Å². The van der Waals surface area contributed by atoms with E-state index in [1.807, 2.05) is 18.2 Å². The van der Waals surface area contributed by atoms with Crippen molar-refractivity contribution in [2.45, 2.75) is 12.1 Å². The first kappa shape index (κ1) is 9.09. The molecule has 1 N–H and O–H groups in total. The zero-order chi connectivity index (χ0) is 9.26. The van der Waals surface area contributed by atoms with Gasteiger partial charge in [-0.3, -0.25) is 0 Å². The average molecular weight is 257 g/mol. The van der Waals surface area contributed by atoms with E-state index >= 15 is 0 Å². The maximum absolute atomic E-state index is 4.43. The van der Waals surface area contributed by atoms with Crippen LogP contribution >= 0.6 is 27.7 Å². The number of aromatic nitrogens is 2. The second kappa shape index (κ2) is 3.72. The van der Waals surface area contributed by atoms with E-state index in [2.05, 4.69) is 32.8 Å². The van der Waals surface area contributed by atoms with Gasteiger partial charge in [0, 0.05) is 4.47 Å². The lowest BCUT2D eigenvalue weighted by molar-refractivity contribution is 1.08. The monoisotopic (exact) mass is 256 g/mol. The first-order chi connectivity index (χ1) is 6.29. The molecule has 0 unspecified atom stereocenters. The molecule has 1 aromatic carbocycles. The van der Waals surface area contributed by atoms with Crippen molar-refractivity contribution in [2.24, 2.45) is 0 Å². The predicted molar refractivity (Wildman–Crippen MR) is 60.2 cm³/mol. The van der Waals surface area contributed by atoms with Crippen LogP contribution in [-0.2, 0) is 0 Å². The molecule has 0 amide bonds. The van der Waals surface area contributed by atoms with Crippen molar-refractivity contribution in [3.63, 3.8) is 0 Å². The van der Waals surface area contributed by atoms with Crippen LogP contribution in [0.3, 0.4) is 0 Å². The molecule has 0 aliphatic carbocycles. The number of imidazole rings is 1. The molecule has 68 valence electrons. The molecule has 0 aliphatic heterocycles. The summed E-state index contributed by atoms with van der Waals surface area (Å²) in [5, 5.41) is 0.996. The van der Waals surface area contributed by atoms with Gasteiger partial charge in [0.15, 0.2) is 5.16 Å². The molecule has 0 bridgehead atoms. The van der Waals surface area contributed by atoms with Gasteiger partial charge in [-0.1, -0.05) is 34.6 Å². The van der Waals surface area contributed by atoms with Gasteiger partial charge >= 0.3 is 0 Å². The van der Waals surface area contributed by atoms with Crippen molar-refractivity contribution < 1.29 is 0 Å². The number of hydrogen-bond acceptors (Lipinski definition) is 2. The largest absolute Gasteiger partial charge is 0.333 e. The minimum absolute atomic E-state index is 0.996. The molecule has 2 nitrogen and oxygen atoms in total. The molecule has 0 spiro atoms. The van der Waals surface area contributed by atoms with E-state index in [1.165, 1.54) is 0 Å². The molecule has 0 radical (unpaired) electrons. The summed E-state index contributed by atoms with van der Waals surface area (Å²) in [6.07, 6.45) is 0. The van der Waals surface area contributed by atoms with E-state index in [1.54, 1.807) is 11.8 Å². The molecule has 1 heterocycles. The van der Waals surface area contributed by atoms with Crippen molar-refractivity contribution in [3.05, 3.63) is 22.7 Å². The quantitative estimate of drug-likeness (QED) is 0.835. The van der Waals surface area contributed by atoms with Crippen LogP contribution in [0, 0.1) is 0 Å². The van der Waals surface area contributed by atoms with Gasteiger partial charge in [-0.05, 0) is 24.0 Å². The summed E-state index contributed by atoms with van der Waals surface area (Å²) in [4.78, 5) is 7.69. The smallest absolute Gasteiger partial charge is 0.166 e. The lowest BCUT2D eigenvalue weighted by Crippen LogP contribution is -1.73. The summed E-state index contributed by atoms with van der Waals surface area (Å²) >= 11 is 5.15. The maximum Gasteiger partial charge on any atom is 0.166 e. The Bertz CT molecular complexity index is 424. The summed E-state index contributed by atoms with van der Waals surface area (Å²) < 4.78 is 1.08. The normalized spacial score (nSPS) is 10.9. The van der Waals surface area contributed by atoms with Crippen molar-refractivity contribution in [1.29, 1.82) is 0 Å². The van der Waals surface area contributed by atoms with Crippen LogP contribution in [0.15, 0.2) is 27.8 Å². The number of hydrogen-bond donors (Lipinski definition) is 1. The summed E-state index contributed by atoms with van der Waals surface area (Å²) in [5.74, 6) is 1.04. The molecule has 13 heavy (non-hydrogen) atoms. The fourth-order valence-corrected chi connectivity index (χ4v) is 2.14. The summed E-state index contributed by atoms with van der Waals surface area (Å²) in [7, 11) is 0. The molecule has 0 saturated heterocycles. The van der Waals surface area contributed by atoms with Crippen LogP contribution in [0.4, 0.5) is 0 Å². The number of aromatic amines is 1. The number of thioether (sulfide) groups is 1. The molecule has 0 aliphatic rings. The van der Waals surface area contributed by atoms with Crippen LogP contribution in [0.5, 0.6) is 0 Å². The predicted octanol–water partition coefficient (Wildman–Crippen LogP) is 3.44. The SMILES string of the molecule is CCSc1nc2ccc(Br)cc2[nH]1. The Morgan fingerprint density at radius 1 is 1.54 bits per heavy atom. The van der Waals surface area contributed by atoms with Crippen molar-refractivity contribution in [2.75, 3.05) is 5.75 Å². The summed E-state index contributed by atoms with van der Waals surface area (Å²) in [6, 6.07) is 6.06. The van der Waals surface area contributed by atoms with Crippen molar-refractivity contribution in [3.8, 4) is 0 Å². The van der Waals surface area contributed by atoms with E-state index in [9.17, 15) is 0 Å². The van der Waals surface area contributed by atoms with Crippen LogP contribution in [0.1, 0.15) is 6.92 Å². The Hall–Kier alpha value is -0.480. The average Bonchev–Trinajstić information content (AvgIpc) is 2.46. The Labute approximate surface area is 89.3 Å². The van der Waals surface area contributed by atoms with Gasteiger partial charge in [-0.25, -0.2) is 4.98 Å². The van der Waals surface area contributed by atoms with Gasteiger partial charge in [0.2, 0.25) is 0 Å². The number of benzene rings is 1. The molecular weight excluding hydrogens is 248 g/mol. The van der Waals surface area contributed by atoms with E-state index in [0.717, 1.165) is 26.4 Å². The third-order valence-electron chi connectivity index (χ3n) is 1.70. The van der Waals surface area contributed by atoms with E-state index in [-0.39, 0.29) is 0 Å². The topological polar surface area (TPSA) is 28.7 Å². The van der Waals surface area contributed by atoms with E-state index in [4.69, 9.17) is 0 Å². The van der Waals surface area contributed by atoms with Gasteiger partial charge in [0.1, 0.15) is 0 Å². The Morgan fingerprint density at radius 3 is 3.15 bits per heavy atom. The third kappa shape index (κ3) is 1.89. The number of H-pyrrole nitrogens is 1. The van der Waals surface area contributed by atoms with Crippen molar-refractivity contribution >= 4 is 38.7 Å². The fraction of sp³-hybridized carbons (Fsp3) is 0.222. The molecule has 0 fully saturated rings. The highest BCUT2D eigenvalue weighted by Gasteiger charge is 2.01. The molecule has 2 rings (SSSR count). The van der Waals surface area contributed by atoms with Crippen LogP contribution in [0.25, 0.3) is 11.0 Å².